The number of aliphatic hydroxyl groups is 1. The van der Waals surface area contributed by atoms with Crippen LogP contribution in [0.1, 0.15) is 237 Å². The molecule has 12 heteroatoms. The Bertz CT molecular complexity index is 2370. The molecule has 9 aliphatic rings. The molecular formula is C74H122O11S. The Morgan fingerprint density at radius 3 is 1.22 bits per heavy atom. The first-order valence-corrected chi connectivity index (χ1v) is 31.5. The second-order valence-electron chi connectivity index (χ2n) is 26.9. The molecule has 0 aromatic heterocycles. The van der Waals surface area contributed by atoms with Crippen molar-refractivity contribution in [3.05, 3.63) is 91.0 Å². The number of hydrogen-bond acceptors (Lipinski definition) is 11. The van der Waals surface area contributed by atoms with Crippen LogP contribution in [0.5, 0.6) is 0 Å². The van der Waals surface area contributed by atoms with E-state index in [1.165, 1.54) is 46.8 Å². The van der Waals surface area contributed by atoms with Crippen LogP contribution < -0.4 is 5.11 Å². The van der Waals surface area contributed by atoms with Gasteiger partial charge in [-0.1, -0.05) is 148 Å². The van der Waals surface area contributed by atoms with E-state index in [1.54, 1.807) is 27.7 Å². The van der Waals surface area contributed by atoms with Gasteiger partial charge in [0, 0.05) is 17.8 Å². The molecule has 12 rings (SSSR count). The number of carboxylic acids is 1. The Morgan fingerprint density at radius 1 is 0.535 bits per heavy atom. The van der Waals surface area contributed by atoms with E-state index in [2.05, 4.69) is 105 Å². The SMILES string of the molecule is C.C.C.C.C.C.CCC(C)(C)C(=O)OC1(CC)C2CC3CC(C2)CC1C3.CCC(C)(C)C(=O)OC1C2CC3CC1CC(O)(C3)C2.CCC(C)(C)C(=O)OC1CCOC1=O.CCC(C)(C)C(=O)[O-].c1ccc([S+](c2ccccc2)c2ccccc2)cc1. The quantitative estimate of drug-likeness (QED) is 0.0874. The lowest BCUT2D eigenvalue weighted by Gasteiger charge is -2.60. The highest BCUT2D eigenvalue weighted by Gasteiger charge is 2.60. The zero-order valence-corrected chi connectivity index (χ0v) is 51.6. The molecule has 86 heavy (non-hydrogen) atoms. The van der Waals surface area contributed by atoms with E-state index in [0.717, 1.165) is 63.2 Å². The van der Waals surface area contributed by atoms with Gasteiger partial charge in [0.1, 0.15) is 11.7 Å². The maximum Gasteiger partial charge on any atom is 0.347 e. The average Bonchev–Trinajstić information content (AvgIpc) is 1.08. The van der Waals surface area contributed by atoms with Crippen LogP contribution in [0.3, 0.4) is 0 Å². The topological polar surface area (TPSA) is 166 Å². The molecule has 1 heterocycles. The van der Waals surface area contributed by atoms with Crippen LogP contribution >= 0.6 is 0 Å². The minimum Gasteiger partial charge on any atom is -0.550 e. The average molecular weight is 1220 g/mol. The molecule has 11 nitrogen and oxygen atoms in total. The Labute approximate surface area is 527 Å². The van der Waals surface area contributed by atoms with Crippen molar-refractivity contribution < 1.29 is 53.1 Å². The Kier molecular flexibility index (Phi) is 32.5. The number of carbonyl (C=O) groups excluding carboxylic acids is 5. The van der Waals surface area contributed by atoms with Gasteiger partial charge in [0.05, 0.1) is 39.3 Å². The summed E-state index contributed by atoms with van der Waals surface area (Å²) in [7, 11) is -0.0146. The first kappa shape index (κ1) is 81.3. The molecule has 0 amide bonds. The van der Waals surface area contributed by atoms with Crippen LogP contribution in [0.4, 0.5) is 0 Å². The lowest BCUT2D eigenvalue weighted by atomic mass is 9.49. The Balaban J connectivity index is 0.00000106. The molecule has 490 valence electrons. The summed E-state index contributed by atoms with van der Waals surface area (Å²) in [4.78, 5) is 61.7. The molecule has 8 saturated carbocycles. The molecule has 1 N–H and O–H groups in total. The van der Waals surface area contributed by atoms with Gasteiger partial charge in [-0.15, -0.1) is 0 Å². The molecule has 0 radical (unpaired) electrons. The van der Waals surface area contributed by atoms with Crippen molar-refractivity contribution >= 4 is 40.7 Å². The molecular weight excluding hydrogens is 1100 g/mol. The van der Waals surface area contributed by atoms with E-state index >= 15 is 0 Å². The van der Waals surface area contributed by atoms with Gasteiger partial charge in [-0.2, -0.15) is 0 Å². The number of aliphatic carboxylic acids is 1. The summed E-state index contributed by atoms with van der Waals surface area (Å²) >= 11 is 0. The van der Waals surface area contributed by atoms with E-state index in [4.69, 9.17) is 18.9 Å². The standard InChI is InChI=1S/C18H30O2.C18H15S.C16H26O3.C10H16O4.C6H12O2.6CH4/c1-5-17(3,4)16(19)20-18(6-2)14-8-12-7-13(10-14)11-15(18)9-12;1-4-10-16(11-5-1)19(17-12-6-2-7-13-17)18-14-8-3-9-15-18;1-4-15(2,3)14(17)19-13-11-5-10-6-12(13)9-16(18,7-10)8-11;1-4-10(2,3)9(12)14-7-5-6-13-8(7)11;1-4-6(2,3)5(7)8;;;;;;/h12-15H,5-11H2,1-4H3;1-15H;10-13,18H,4-9H2,1-3H3;7H,4-6H2,1-3H3;4H2,1-3H3,(H,7,8);6*1H4/q;+1;;;;;;;;;/p-1. The molecule has 0 spiro atoms. The van der Waals surface area contributed by atoms with Crippen molar-refractivity contribution in [3.8, 4) is 0 Å². The van der Waals surface area contributed by atoms with E-state index in [1.807, 2.05) is 48.5 Å². The highest BCUT2D eigenvalue weighted by molar-refractivity contribution is 7.97. The van der Waals surface area contributed by atoms with E-state index in [-0.39, 0.29) is 95.9 Å². The van der Waals surface area contributed by atoms with Crippen LogP contribution in [-0.4, -0.2) is 65.0 Å². The first-order valence-electron chi connectivity index (χ1n) is 30.3. The van der Waals surface area contributed by atoms with Gasteiger partial charge >= 0.3 is 23.9 Å². The highest BCUT2D eigenvalue weighted by Crippen LogP contribution is 2.61. The van der Waals surface area contributed by atoms with Crippen molar-refractivity contribution in [3.63, 3.8) is 0 Å². The Morgan fingerprint density at radius 2 is 0.907 bits per heavy atom. The third-order valence-corrected chi connectivity index (χ3v) is 21.8. The molecule has 1 aliphatic heterocycles. The summed E-state index contributed by atoms with van der Waals surface area (Å²) in [6, 6.07) is 32.2. The lowest BCUT2D eigenvalue weighted by Crippen LogP contribution is -2.60. The van der Waals surface area contributed by atoms with Gasteiger partial charge < -0.3 is 34.0 Å². The number of cyclic esters (lactones) is 1. The van der Waals surface area contributed by atoms with Gasteiger partial charge in [0.25, 0.3) is 0 Å². The van der Waals surface area contributed by atoms with Crippen molar-refractivity contribution in [2.45, 2.75) is 275 Å². The molecule has 3 aromatic rings. The number of carboxylic acid groups (broad SMARTS) is 1. The molecule has 8 bridgehead atoms. The third kappa shape index (κ3) is 19.9. The summed E-state index contributed by atoms with van der Waals surface area (Å²) in [6.07, 6.45) is 15.4. The van der Waals surface area contributed by atoms with Gasteiger partial charge in [0.15, 0.2) is 14.7 Å². The highest BCUT2D eigenvalue weighted by atomic mass is 32.2. The second-order valence-corrected chi connectivity index (χ2v) is 28.9. The first-order chi connectivity index (χ1) is 37.7. The van der Waals surface area contributed by atoms with E-state index in [0.29, 0.717) is 55.5 Å². The minimum absolute atomic E-state index is 0. The summed E-state index contributed by atoms with van der Waals surface area (Å²) in [5, 5.41) is 20.7. The fourth-order valence-corrected chi connectivity index (χ4v) is 15.2. The zero-order chi connectivity index (χ0) is 58.8. The largest absolute Gasteiger partial charge is 0.550 e. The van der Waals surface area contributed by atoms with Crippen LogP contribution in [0.25, 0.3) is 0 Å². The van der Waals surface area contributed by atoms with Crippen LogP contribution in [0, 0.1) is 63.1 Å². The summed E-state index contributed by atoms with van der Waals surface area (Å²) in [6.45, 7) is 25.3. The fraction of sp³-hybridized carbons (Fsp3) is 0.689. The molecule has 9 fully saturated rings. The minimum atomic E-state index is -0.972. The second kappa shape index (κ2) is 34.3. The zero-order valence-electron chi connectivity index (χ0n) is 50.8. The molecule has 8 aliphatic carbocycles. The van der Waals surface area contributed by atoms with Crippen LogP contribution in [0.15, 0.2) is 106 Å². The van der Waals surface area contributed by atoms with Gasteiger partial charge in [-0.05, 0) is 216 Å². The molecule has 3 aromatic carbocycles. The predicted molar refractivity (Wildman–Crippen MR) is 353 cm³/mol. The monoisotopic (exact) mass is 1220 g/mol. The lowest BCUT2D eigenvalue weighted by molar-refractivity contribution is -0.317. The number of esters is 4. The normalized spacial score (nSPS) is 26.7. The number of hydrogen-bond donors (Lipinski definition) is 1. The maximum absolute atomic E-state index is 12.6. The number of ether oxygens (including phenoxy) is 4. The number of benzene rings is 3. The number of rotatable bonds is 15. The van der Waals surface area contributed by atoms with E-state index in [9.17, 15) is 34.2 Å². The summed E-state index contributed by atoms with van der Waals surface area (Å²) < 4.78 is 21.9. The predicted octanol–water partition coefficient (Wildman–Crippen LogP) is 17.5. The van der Waals surface area contributed by atoms with Crippen LogP contribution in [0.2, 0.25) is 0 Å². The van der Waals surface area contributed by atoms with E-state index < -0.39 is 34.5 Å². The third-order valence-electron chi connectivity index (χ3n) is 19.6. The van der Waals surface area contributed by atoms with Gasteiger partial charge in [-0.3, -0.25) is 14.4 Å². The van der Waals surface area contributed by atoms with Gasteiger partial charge in [-0.25, -0.2) is 4.79 Å². The van der Waals surface area contributed by atoms with Gasteiger partial charge in [0.2, 0.25) is 6.10 Å². The molecule has 1 saturated heterocycles. The van der Waals surface area contributed by atoms with Crippen molar-refractivity contribution in [2.24, 2.45) is 63.1 Å². The fourth-order valence-electron chi connectivity index (χ4n) is 13.0. The van der Waals surface area contributed by atoms with Crippen molar-refractivity contribution in [2.75, 3.05) is 6.61 Å². The van der Waals surface area contributed by atoms with Crippen molar-refractivity contribution in [1.29, 1.82) is 0 Å². The summed E-state index contributed by atoms with van der Waals surface area (Å²) in [5.74, 6) is 2.84. The van der Waals surface area contributed by atoms with Crippen molar-refractivity contribution in [1.82, 2.24) is 0 Å². The smallest absolute Gasteiger partial charge is 0.347 e. The van der Waals surface area contributed by atoms with Crippen LogP contribution in [-0.2, 0) is 53.8 Å². The summed E-state index contributed by atoms with van der Waals surface area (Å²) in [5.41, 5.74) is -2.47. The number of carbonyl (C=O) groups is 5. The Hall–Kier alpha value is -4.68. The molecule has 3 atom stereocenters. The molecule has 3 unspecified atom stereocenters. The maximum atomic E-state index is 12.6.